The van der Waals surface area contributed by atoms with Crippen molar-refractivity contribution in [3.63, 3.8) is 0 Å². The van der Waals surface area contributed by atoms with Crippen LogP contribution in [0.15, 0.2) is 42.9 Å². The van der Waals surface area contributed by atoms with Crippen LogP contribution >= 0.6 is 23.5 Å². The van der Waals surface area contributed by atoms with Crippen molar-refractivity contribution in [3.05, 3.63) is 42.9 Å². The Hall–Kier alpha value is -0.340. The Balaban J connectivity index is 2.05. The first-order chi connectivity index (χ1) is 8.96. The molecular formula is C17H20S2. The van der Waals surface area contributed by atoms with E-state index in [1.165, 1.54) is 29.1 Å². The molecule has 2 heteroatoms. The van der Waals surface area contributed by atoms with E-state index in [9.17, 15) is 0 Å². The molecule has 2 unspecified atom stereocenters. The lowest BCUT2D eigenvalue weighted by Crippen LogP contribution is -2.37. The minimum atomic E-state index is 0.199. The van der Waals surface area contributed by atoms with Crippen LogP contribution in [-0.2, 0) is 0 Å². The normalized spacial score (nSPS) is 40.2. The summed E-state index contributed by atoms with van der Waals surface area (Å²) in [4.78, 5) is 6.30. The largest absolute Gasteiger partial charge is 0.0983 e. The van der Waals surface area contributed by atoms with Crippen LogP contribution < -0.4 is 0 Å². The third kappa shape index (κ3) is 1.35. The summed E-state index contributed by atoms with van der Waals surface area (Å²) in [6, 6.07) is 0. The van der Waals surface area contributed by atoms with E-state index < -0.39 is 0 Å². The second-order valence-corrected chi connectivity index (χ2v) is 9.10. The van der Waals surface area contributed by atoms with Gasteiger partial charge in [-0.3, -0.25) is 0 Å². The molecule has 1 fully saturated rings. The van der Waals surface area contributed by atoms with Crippen LogP contribution in [-0.4, -0.2) is 0 Å². The van der Waals surface area contributed by atoms with Gasteiger partial charge in [-0.05, 0) is 54.1 Å². The summed E-state index contributed by atoms with van der Waals surface area (Å²) < 4.78 is 0. The van der Waals surface area contributed by atoms with Gasteiger partial charge in [0, 0.05) is 20.6 Å². The lowest BCUT2D eigenvalue weighted by Gasteiger charge is -2.45. The molecule has 0 amide bonds. The zero-order chi connectivity index (χ0) is 13.4. The molecule has 100 valence electrons. The molecule has 0 radical (unpaired) electrons. The fourth-order valence-electron chi connectivity index (χ4n) is 4.30. The first kappa shape index (κ1) is 12.4. The molecule has 0 aromatic heterocycles. The number of rotatable bonds is 0. The third-order valence-electron chi connectivity index (χ3n) is 5.30. The van der Waals surface area contributed by atoms with Crippen molar-refractivity contribution in [3.8, 4) is 0 Å². The first-order valence-electron chi connectivity index (χ1n) is 7.18. The van der Waals surface area contributed by atoms with Gasteiger partial charge in [-0.2, -0.15) is 0 Å². The van der Waals surface area contributed by atoms with E-state index in [2.05, 4.69) is 39.8 Å². The van der Waals surface area contributed by atoms with Gasteiger partial charge < -0.3 is 0 Å². The van der Waals surface area contributed by atoms with Crippen LogP contribution in [0.3, 0.4) is 0 Å². The quantitative estimate of drug-likeness (QED) is 0.535. The van der Waals surface area contributed by atoms with Crippen molar-refractivity contribution < 1.29 is 0 Å². The summed E-state index contributed by atoms with van der Waals surface area (Å²) in [6.45, 7) is 9.48. The molecule has 0 saturated heterocycles. The van der Waals surface area contributed by atoms with Crippen LogP contribution in [0.2, 0.25) is 0 Å². The van der Waals surface area contributed by atoms with E-state index in [4.69, 9.17) is 0 Å². The Labute approximate surface area is 124 Å². The maximum absolute atomic E-state index is 2.53. The smallest absolute Gasteiger partial charge is 0.0315 e. The Morgan fingerprint density at radius 3 is 1.68 bits per heavy atom. The van der Waals surface area contributed by atoms with Crippen LogP contribution in [0, 0.1) is 10.8 Å². The van der Waals surface area contributed by atoms with Gasteiger partial charge in [-0.25, -0.2) is 0 Å². The molecule has 2 atom stereocenters. The van der Waals surface area contributed by atoms with Crippen molar-refractivity contribution >= 4 is 23.5 Å². The van der Waals surface area contributed by atoms with E-state index >= 15 is 0 Å². The molecule has 0 bridgehead atoms. The Bertz CT molecular complexity index is 563. The SMILES string of the molecule is CC1=CC2(C)C(=C3CCCC3=C3SC(C)=CC32C)S1. The molecule has 4 aliphatic rings. The molecule has 0 aromatic rings. The number of allylic oxidation sites excluding steroid dienone is 8. The molecule has 0 N–H and O–H groups in total. The van der Waals surface area contributed by atoms with E-state index in [-0.39, 0.29) is 10.8 Å². The highest BCUT2D eigenvalue weighted by Gasteiger charge is 2.56. The van der Waals surface area contributed by atoms with E-state index in [1.807, 2.05) is 23.5 Å². The number of fused-ring (bicyclic) bond motifs is 4. The predicted octanol–water partition coefficient (Wildman–Crippen LogP) is 6.01. The van der Waals surface area contributed by atoms with Crippen molar-refractivity contribution in [2.75, 3.05) is 0 Å². The maximum Gasteiger partial charge on any atom is 0.0315 e. The predicted molar refractivity (Wildman–Crippen MR) is 86.8 cm³/mol. The molecule has 2 heterocycles. The second-order valence-electron chi connectivity index (χ2n) is 6.59. The molecule has 2 aliphatic heterocycles. The van der Waals surface area contributed by atoms with Gasteiger partial charge >= 0.3 is 0 Å². The Morgan fingerprint density at radius 1 is 0.842 bits per heavy atom. The molecule has 0 nitrogen and oxygen atoms in total. The fraction of sp³-hybridized carbons (Fsp3) is 0.529. The molecular weight excluding hydrogens is 268 g/mol. The average molecular weight is 288 g/mol. The summed E-state index contributed by atoms with van der Waals surface area (Å²) in [6.07, 6.45) is 9.01. The lowest BCUT2D eigenvalue weighted by molar-refractivity contribution is 0.300. The monoisotopic (exact) mass is 288 g/mol. The van der Waals surface area contributed by atoms with Crippen molar-refractivity contribution in [2.24, 2.45) is 10.8 Å². The van der Waals surface area contributed by atoms with Crippen LogP contribution in [0.1, 0.15) is 47.0 Å². The number of thioether (sulfide) groups is 2. The molecule has 19 heavy (non-hydrogen) atoms. The highest BCUT2D eigenvalue weighted by Crippen LogP contribution is 2.71. The average Bonchev–Trinajstić information content (AvgIpc) is 2.95. The Morgan fingerprint density at radius 2 is 1.26 bits per heavy atom. The van der Waals surface area contributed by atoms with Gasteiger partial charge in [-0.1, -0.05) is 49.5 Å². The van der Waals surface area contributed by atoms with E-state index in [0.717, 1.165) is 0 Å². The zero-order valence-electron chi connectivity index (χ0n) is 12.1. The van der Waals surface area contributed by atoms with Gasteiger partial charge in [0.15, 0.2) is 0 Å². The van der Waals surface area contributed by atoms with E-state index in [0.29, 0.717) is 0 Å². The van der Waals surface area contributed by atoms with Crippen LogP contribution in [0.25, 0.3) is 0 Å². The number of hydrogen-bond acceptors (Lipinski definition) is 2. The standard InChI is InChI=1S/C17H20S2/c1-10-8-16(3)14(18-10)12-6-5-7-13(12)15-17(16,4)9-11(2)19-15/h8-9H,5-7H2,1-4H3. The summed E-state index contributed by atoms with van der Waals surface area (Å²) in [5.41, 5.74) is 3.79. The lowest BCUT2D eigenvalue weighted by atomic mass is 9.60. The zero-order valence-corrected chi connectivity index (χ0v) is 13.7. The fourth-order valence-corrected chi connectivity index (χ4v) is 7.20. The second kappa shape index (κ2) is 3.65. The van der Waals surface area contributed by atoms with Crippen LogP contribution in [0.4, 0.5) is 0 Å². The third-order valence-corrected chi connectivity index (χ3v) is 7.93. The van der Waals surface area contributed by atoms with Gasteiger partial charge in [0.1, 0.15) is 0 Å². The molecule has 4 rings (SSSR count). The van der Waals surface area contributed by atoms with Crippen molar-refractivity contribution in [2.45, 2.75) is 47.0 Å². The highest BCUT2D eigenvalue weighted by molar-refractivity contribution is 8.07. The van der Waals surface area contributed by atoms with Gasteiger partial charge in [0.25, 0.3) is 0 Å². The minimum Gasteiger partial charge on any atom is -0.0983 e. The molecule has 0 aromatic carbocycles. The molecule has 0 spiro atoms. The van der Waals surface area contributed by atoms with Gasteiger partial charge in [0.2, 0.25) is 0 Å². The molecule has 2 aliphatic carbocycles. The minimum absolute atomic E-state index is 0.199. The summed E-state index contributed by atoms with van der Waals surface area (Å²) in [5, 5.41) is 0. The number of hydrogen-bond donors (Lipinski definition) is 0. The molecule has 1 saturated carbocycles. The topological polar surface area (TPSA) is 0 Å². The summed E-state index contributed by atoms with van der Waals surface area (Å²) >= 11 is 4.08. The van der Waals surface area contributed by atoms with Crippen molar-refractivity contribution in [1.29, 1.82) is 0 Å². The summed E-state index contributed by atoms with van der Waals surface area (Å²) in [7, 11) is 0. The summed E-state index contributed by atoms with van der Waals surface area (Å²) in [5.74, 6) is 0. The van der Waals surface area contributed by atoms with Crippen LogP contribution in [0.5, 0.6) is 0 Å². The highest BCUT2D eigenvalue weighted by atomic mass is 32.2. The maximum atomic E-state index is 2.53. The Kier molecular flexibility index (Phi) is 2.38. The van der Waals surface area contributed by atoms with Crippen molar-refractivity contribution in [1.82, 2.24) is 0 Å². The van der Waals surface area contributed by atoms with Gasteiger partial charge in [0.05, 0.1) is 0 Å². The first-order valence-corrected chi connectivity index (χ1v) is 8.81. The van der Waals surface area contributed by atoms with Gasteiger partial charge in [-0.15, -0.1) is 0 Å². The van der Waals surface area contributed by atoms with E-state index in [1.54, 1.807) is 21.0 Å².